The summed E-state index contributed by atoms with van der Waals surface area (Å²) in [4.78, 5) is 4.33. The van der Waals surface area contributed by atoms with E-state index in [2.05, 4.69) is 33.9 Å². The lowest BCUT2D eigenvalue weighted by Gasteiger charge is -2.10. The third kappa shape index (κ3) is 2.63. The minimum atomic E-state index is 0.204. The van der Waals surface area contributed by atoms with Gasteiger partial charge in [-0.15, -0.1) is 11.3 Å². The largest absolute Gasteiger partial charge is 0.491 e. The van der Waals surface area contributed by atoms with Crippen molar-refractivity contribution in [2.75, 3.05) is 0 Å². The molecule has 3 rings (SSSR count). The predicted molar refractivity (Wildman–Crippen MR) is 78.9 cm³/mol. The van der Waals surface area contributed by atoms with Crippen molar-refractivity contribution >= 4 is 22.2 Å². The van der Waals surface area contributed by atoms with Crippen molar-refractivity contribution in [1.29, 1.82) is 0 Å². The molecule has 2 heterocycles. The lowest BCUT2D eigenvalue weighted by Crippen LogP contribution is -2.05. The summed E-state index contributed by atoms with van der Waals surface area (Å²) in [5.41, 5.74) is 1.21. The quantitative estimate of drug-likeness (QED) is 0.719. The zero-order chi connectivity index (χ0) is 13.2. The zero-order valence-corrected chi connectivity index (χ0v) is 11.9. The van der Waals surface area contributed by atoms with Gasteiger partial charge in [0.15, 0.2) is 0 Å². The summed E-state index contributed by atoms with van der Waals surface area (Å²) < 4.78 is 7.93. The van der Waals surface area contributed by atoms with Crippen molar-refractivity contribution in [1.82, 2.24) is 9.55 Å². The molecule has 0 saturated carbocycles. The number of ether oxygens (including phenoxy) is 1. The molecule has 0 radical (unpaired) electrons. The van der Waals surface area contributed by atoms with Gasteiger partial charge in [-0.2, -0.15) is 0 Å². The van der Waals surface area contributed by atoms with E-state index < -0.39 is 0 Å². The van der Waals surface area contributed by atoms with Crippen LogP contribution in [0.5, 0.6) is 5.75 Å². The lowest BCUT2D eigenvalue weighted by atomic mass is 10.2. The molecule has 2 aromatic heterocycles. The molecule has 0 fully saturated rings. The molecule has 0 atom stereocenters. The number of nitrogens with zero attached hydrogens (tertiary/aromatic N) is 2. The van der Waals surface area contributed by atoms with Crippen LogP contribution in [0.3, 0.4) is 0 Å². The summed E-state index contributed by atoms with van der Waals surface area (Å²) in [5, 5.41) is 4.34. The Morgan fingerprint density at radius 3 is 2.95 bits per heavy atom. The molecule has 1 aromatic carbocycles. The van der Waals surface area contributed by atoms with E-state index in [0.29, 0.717) is 0 Å². The number of rotatable bonds is 4. The first-order valence-electron chi connectivity index (χ1n) is 6.36. The Balaban J connectivity index is 1.91. The van der Waals surface area contributed by atoms with Crippen LogP contribution in [0.2, 0.25) is 0 Å². The van der Waals surface area contributed by atoms with Gasteiger partial charge in [-0.1, -0.05) is 0 Å². The summed E-state index contributed by atoms with van der Waals surface area (Å²) in [6.45, 7) is 4.90. The highest BCUT2D eigenvalue weighted by Gasteiger charge is 2.05. The molecule has 0 saturated heterocycles. The van der Waals surface area contributed by atoms with E-state index in [1.807, 2.05) is 31.5 Å². The first-order chi connectivity index (χ1) is 9.22. The smallest absolute Gasteiger partial charge is 0.120 e. The normalized spacial score (nSPS) is 11.3. The van der Waals surface area contributed by atoms with Crippen molar-refractivity contribution in [3.05, 3.63) is 47.0 Å². The predicted octanol–water partition coefficient (Wildman–Crippen LogP) is 3.93. The van der Waals surface area contributed by atoms with E-state index in [1.54, 1.807) is 11.3 Å². The molecule has 19 heavy (non-hydrogen) atoms. The molecular formula is C15H16N2OS. The lowest BCUT2D eigenvalue weighted by molar-refractivity contribution is 0.243. The molecule has 0 spiro atoms. The maximum atomic E-state index is 5.72. The fourth-order valence-electron chi connectivity index (χ4n) is 2.14. The van der Waals surface area contributed by atoms with Crippen LogP contribution in [0.25, 0.3) is 10.9 Å². The van der Waals surface area contributed by atoms with Crippen LogP contribution in [-0.4, -0.2) is 15.7 Å². The summed E-state index contributed by atoms with van der Waals surface area (Å²) in [7, 11) is 0. The third-order valence-electron chi connectivity index (χ3n) is 2.90. The number of hydrogen-bond donors (Lipinski definition) is 0. The van der Waals surface area contributed by atoms with E-state index >= 15 is 0 Å². The van der Waals surface area contributed by atoms with Gasteiger partial charge in [-0.05, 0) is 38.1 Å². The molecular weight excluding hydrogens is 256 g/mol. The monoisotopic (exact) mass is 272 g/mol. The molecule has 4 heteroatoms. The fourth-order valence-corrected chi connectivity index (χ4v) is 2.75. The zero-order valence-electron chi connectivity index (χ0n) is 11.0. The maximum absolute atomic E-state index is 5.72. The highest BCUT2D eigenvalue weighted by Crippen LogP contribution is 2.23. The van der Waals surface area contributed by atoms with Gasteiger partial charge in [0.25, 0.3) is 0 Å². The van der Waals surface area contributed by atoms with E-state index in [4.69, 9.17) is 4.74 Å². The molecule has 0 aliphatic carbocycles. The average molecular weight is 272 g/mol. The highest BCUT2D eigenvalue weighted by molar-refractivity contribution is 7.09. The minimum Gasteiger partial charge on any atom is -0.491 e. The second-order valence-electron chi connectivity index (χ2n) is 4.76. The molecule has 0 bridgehead atoms. The van der Waals surface area contributed by atoms with Crippen molar-refractivity contribution in [3.8, 4) is 5.75 Å². The van der Waals surface area contributed by atoms with Gasteiger partial charge >= 0.3 is 0 Å². The highest BCUT2D eigenvalue weighted by atomic mass is 32.1. The van der Waals surface area contributed by atoms with Crippen LogP contribution in [0, 0.1) is 0 Å². The van der Waals surface area contributed by atoms with Crippen molar-refractivity contribution in [2.45, 2.75) is 26.5 Å². The van der Waals surface area contributed by atoms with Gasteiger partial charge in [-0.25, -0.2) is 4.98 Å². The second kappa shape index (κ2) is 5.05. The molecule has 0 amide bonds. The number of hydrogen-bond acceptors (Lipinski definition) is 3. The number of thiazole rings is 1. The third-order valence-corrected chi connectivity index (χ3v) is 3.67. The van der Waals surface area contributed by atoms with Gasteiger partial charge in [-0.3, -0.25) is 0 Å². The molecule has 98 valence electrons. The Hall–Kier alpha value is -1.81. The van der Waals surface area contributed by atoms with Crippen LogP contribution >= 0.6 is 11.3 Å². The van der Waals surface area contributed by atoms with E-state index in [-0.39, 0.29) is 6.10 Å². The summed E-state index contributed by atoms with van der Waals surface area (Å²) in [6, 6.07) is 8.35. The minimum absolute atomic E-state index is 0.204. The number of fused-ring (bicyclic) bond motifs is 1. The van der Waals surface area contributed by atoms with Gasteiger partial charge in [0.1, 0.15) is 10.8 Å². The molecule has 0 N–H and O–H groups in total. The number of aromatic nitrogens is 2. The Bertz CT molecular complexity index is 671. The van der Waals surface area contributed by atoms with E-state index in [9.17, 15) is 0 Å². The topological polar surface area (TPSA) is 27.1 Å². The van der Waals surface area contributed by atoms with Crippen LogP contribution in [0.1, 0.15) is 18.9 Å². The summed E-state index contributed by atoms with van der Waals surface area (Å²) in [5.74, 6) is 0.925. The Labute approximate surface area is 116 Å². The van der Waals surface area contributed by atoms with Crippen molar-refractivity contribution < 1.29 is 4.74 Å². The van der Waals surface area contributed by atoms with Crippen molar-refractivity contribution in [2.24, 2.45) is 0 Å². The molecule has 3 nitrogen and oxygen atoms in total. The van der Waals surface area contributed by atoms with Gasteiger partial charge in [0.05, 0.1) is 12.6 Å². The van der Waals surface area contributed by atoms with E-state index in [0.717, 1.165) is 17.3 Å². The van der Waals surface area contributed by atoms with Crippen LogP contribution in [0.4, 0.5) is 0 Å². The molecule has 0 aliphatic heterocycles. The van der Waals surface area contributed by atoms with Gasteiger partial charge < -0.3 is 9.30 Å². The fraction of sp³-hybridized carbons (Fsp3) is 0.267. The maximum Gasteiger partial charge on any atom is 0.120 e. The SMILES string of the molecule is CC(C)Oc1ccc2c(ccn2Cc2nccs2)c1. The Morgan fingerprint density at radius 1 is 1.32 bits per heavy atom. The van der Waals surface area contributed by atoms with E-state index in [1.165, 1.54) is 10.9 Å². The Kier molecular flexibility index (Phi) is 3.25. The summed E-state index contributed by atoms with van der Waals surface area (Å²) >= 11 is 1.68. The number of benzene rings is 1. The first-order valence-corrected chi connectivity index (χ1v) is 7.24. The molecule has 3 aromatic rings. The average Bonchev–Trinajstić information content (AvgIpc) is 2.99. The second-order valence-corrected chi connectivity index (χ2v) is 5.74. The summed E-state index contributed by atoms with van der Waals surface area (Å²) in [6.07, 6.45) is 4.15. The van der Waals surface area contributed by atoms with Crippen molar-refractivity contribution in [3.63, 3.8) is 0 Å². The van der Waals surface area contributed by atoms with Gasteiger partial charge in [0, 0.05) is 28.7 Å². The molecule has 0 aliphatic rings. The Morgan fingerprint density at radius 2 is 2.21 bits per heavy atom. The standard InChI is InChI=1S/C15H16N2OS/c1-11(2)18-13-3-4-14-12(9-13)5-7-17(14)10-15-16-6-8-19-15/h3-9,11H,10H2,1-2H3. The van der Waals surface area contributed by atoms with Crippen LogP contribution < -0.4 is 4.74 Å². The van der Waals surface area contributed by atoms with Crippen LogP contribution in [0.15, 0.2) is 42.0 Å². The first kappa shape index (κ1) is 12.2. The molecule has 0 unspecified atom stereocenters. The van der Waals surface area contributed by atoms with Crippen LogP contribution in [-0.2, 0) is 6.54 Å². The van der Waals surface area contributed by atoms with Gasteiger partial charge in [0.2, 0.25) is 0 Å².